The van der Waals surface area contributed by atoms with Crippen LogP contribution in [-0.2, 0) is 25.8 Å². The molecule has 1 unspecified atom stereocenters. The Kier molecular flexibility index (Phi) is 5.81. The molecule has 150 valence electrons. The molecule has 5 heteroatoms. The number of hydrogen-bond donors (Lipinski definition) is 1. The third-order valence-corrected chi connectivity index (χ3v) is 6.55. The fourth-order valence-corrected chi connectivity index (χ4v) is 4.74. The van der Waals surface area contributed by atoms with Crippen LogP contribution < -0.4 is 5.32 Å². The van der Waals surface area contributed by atoms with E-state index in [-0.39, 0.29) is 5.91 Å². The fourth-order valence-electron chi connectivity index (χ4n) is 4.74. The molecule has 1 aromatic heterocycles. The number of carbonyl (C=O) groups excluding carboxylic acids is 1. The molecule has 1 atom stereocenters. The third-order valence-electron chi connectivity index (χ3n) is 6.55. The van der Waals surface area contributed by atoms with E-state index >= 15 is 0 Å². The quantitative estimate of drug-likeness (QED) is 0.867. The number of amides is 1. The summed E-state index contributed by atoms with van der Waals surface area (Å²) in [6.45, 7) is 5.57. The van der Waals surface area contributed by atoms with Gasteiger partial charge in [-0.2, -0.15) is 5.10 Å². The van der Waals surface area contributed by atoms with Crippen molar-refractivity contribution in [3.8, 4) is 0 Å². The van der Waals surface area contributed by atoms with Gasteiger partial charge in [-0.05, 0) is 63.1 Å². The lowest BCUT2D eigenvalue weighted by molar-refractivity contribution is 0.0954. The van der Waals surface area contributed by atoms with Crippen molar-refractivity contribution in [3.63, 3.8) is 0 Å². The topological polar surface area (TPSA) is 50.2 Å². The van der Waals surface area contributed by atoms with Gasteiger partial charge in [0.15, 0.2) is 5.69 Å². The lowest BCUT2D eigenvalue weighted by Crippen LogP contribution is -2.44. The van der Waals surface area contributed by atoms with Crippen molar-refractivity contribution in [2.24, 2.45) is 5.92 Å². The number of rotatable bonds is 5. The molecule has 1 N–H and O–H groups in total. The molecule has 1 aliphatic heterocycles. The number of benzene rings is 1. The van der Waals surface area contributed by atoms with Gasteiger partial charge in [-0.1, -0.05) is 37.3 Å². The van der Waals surface area contributed by atoms with Gasteiger partial charge >= 0.3 is 0 Å². The maximum Gasteiger partial charge on any atom is 0.271 e. The largest absolute Gasteiger partial charge is 0.354 e. The highest BCUT2D eigenvalue weighted by Crippen LogP contribution is 2.30. The summed E-state index contributed by atoms with van der Waals surface area (Å²) >= 11 is 0. The minimum Gasteiger partial charge on any atom is -0.354 e. The van der Waals surface area contributed by atoms with Crippen LogP contribution in [0.3, 0.4) is 0 Å². The molecular formula is C23H32N4O. The molecule has 2 aromatic rings. The van der Waals surface area contributed by atoms with E-state index in [1.807, 2.05) is 6.07 Å². The number of nitrogens with zero attached hydrogens (tertiary/aromatic N) is 3. The number of nitrogens with one attached hydrogen (secondary N) is 1. The molecule has 4 rings (SSSR count). The molecule has 5 nitrogen and oxygen atoms in total. The summed E-state index contributed by atoms with van der Waals surface area (Å²) < 4.78 is 2.10. The lowest BCUT2D eigenvalue weighted by Gasteiger charge is -2.38. The predicted octanol–water partition coefficient (Wildman–Crippen LogP) is 3.07. The van der Waals surface area contributed by atoms with Crippen LogP contribution in [0.2, 0.25) is 0 Å². The first-order chi connectivity index (χ1) is 13.7. The maximum absolute atomic E-state index is 12.5. The van der Waals surface area contributed by atoms with Crippen LogP contribution in [0.4, 0.5) is 0 Å². The number of hydrogen-bond acceptors (Lipinski definition) is 3. The van der Waals surface area contributed by atoms with Crippen molar-refractivity contribution in [2.75, 3.05) is 20.1 Å². The molecule has 1 aromatic carbocycles. The summed E-state index contributed by atoms with van der Waals surface area (Å²) in [7, 11) is 1.70. The summed E-state index contributed by atoms with van der Waals surface area (Å²) in [5.41, 5.74) is 4.41. The second-order valence-electron chi connectivity index (χ2n) is 8.43. The summed E-state index contributed by atoms with van der Waals surface area (Å²) in [4.78, 5) is 15.1. The van der Waals surface area contributed by atoms with Crippen molar-refractivity contribution in [1.82, 2.24) is 20.0 Å². The zero-order valence-corrected chi connectivity index (χ0v) is 17.2. The van der Waals surface area contributed by atoms with Gasteiger partial charge in [0, 0.05) is 30.9 Å². The molecule has 2 heterocycles. The molecule has 1 amide bonds. The Hall–Kier alpha value is -2.14. The van der Waals surface area contributed by atoms with Crippen LogP contribution in [0.1, 0.15) is 53.5 Å². The number of likely N-dealkylation sites (tertiary alicyclic amines) is 1. The van der Waals surface area contributed by atoms with E-state index in [0.717, 1.165) is 31.7 Å². The molecule has 1 aliphatic carbocycles. The Morgan fingerprint density at radius 2 is 1.93 bits per heavy atom. The molecule has 28 heavy (non-hydrogen) atoms. The maximum atomic E-state index is 12.5. The second-order valence-corrected chi connectivity index (χ2v) is 8.43. The number of aryl methyl sites for hydroxylation is 2. The lowest BCUT2D eigenvalue weighted by atomic mass is 9.88. The van der Waals surface area contributed by atoms with Gasteiger partial charge < -0.3 is 10.2 Å². The van der Waals surface area contributed by atoms with E-state index in [9.17, 15) is 4.79 Å². The Balaban J connectivity index is 1.54. The Labute approximate surface area is 168 Å². The van der Waals surface area contributed by atoms with E-state index in [1.54, 1.807) is 7.05 Å². The highest BCUT2D eigenvalue weighted by Gasteiger charge is 2.32. The average molecular weight is 381 g/mol. The van der Waals surface area contributed by atoms with E-state index in [2.05, 4.69) is 46.1 Å². The van der Waals surface area contributed by atoms with Gasteiger partial charge in [0.25, 0.3) is 5.91 Å². The molecule has 2 aliphatic rings. The third kappa shape index (κ3) is 4.00. The average Bonchev–Trinajstić information content (AvgIpc) is 3.11. The van der Waals surface area contributed by atoms with Crippen molar-refractivity contribution < 1.29 is 4.79 Å². The molecule has 0 saturated carbocycles. The normalized spacial score (nSPS) is 20.7. The van der Waals surface area contributed by atoms with Crippen LogP contribution in [-0.4, -0.2) is 46.8 Å². The highest BCUT2D eigenvalue weighted by atomic mass is 16.1. The minimum atomic E-state index is -0.0531. The smallest absolute Gasteiger partial charge is 0.271 e. The number of aromatic nitrogens is 2. The molecule has 0 spiro atoms. The van der Waals surface area contributed by atoms with E-state index in [4.69, 9.17) is 5.10 Å². The van der Waals surface area contributed by atoms with Crippen LogP contribution in [0.25, 0.3) is 0 Å². The zero-order valence-electron chi connectivity index (χ0n) is 17.2. The van der Waals surface area contributed by atoms with Crippen molar-refractivity contribution in [3.05, 3.63) is 52.8 Å². The van der Waals surface area contributed by atoms with E-state index in [0.29, 0.717) is 11.7 Å². The summed E-state index contributed by atoms with van der Waals surface area (Å²) in [6.07, 6.45) is 6.67. The van der Waals surface area contributed by atoms with Crippen LogP contribution in [0.5, 0.6) is 0 Å². The van der Waals surface area contributed by atoms with Crippen LogP contribution >= 0.6 is 0 Å². The first-order valence-corrected chi connectivity index (χ1v) is 10.7. The monoisotopic (exact) mass is 380 g/mol. The summed E-state index contributed by atoms with van der Waals surface area (Å²) in [5, 5.41) is 7.55. The minimum absolute atomic E-state index is 0.0531. The van der Waals surface area contributed by atoms with Crippen LogP contribution in [0.15, 0.2) is 30.3 Å². The van der Waals surface area contributed by atoms with Crippen LogP contribution in [0, 0.1) is 5.92 Å². The Morgan fingerprint density at radius 3 is 2.64 bits per heavy atom. The fraction of sp³-hybridized carbons (Fsp3) is 0.565. The van der Waals surface area contributed by atoms with E-state index < -0.39 is 0 Å². The van der Waals surface area contributed by atoms with Gasteiger partial charge in [0.2, 0.25) is 0 Å². The van der Waals surface area contributed by atoms with Gasteiger partial charge in [0.05, 0.1) is 0 Å². The van der Waals surface area contributed by atoms with Gasteiger partial charge in [-0.3, -0.25) is 9.48 Å². The SMILES string of the molecule is CNC(=O)c1nn(CCc2ccccc2)c2c1CC(N1CCC(C)CC1)CC2. The standard InChI is InChI=1S/C23H32N4O/c1-17-10-13-26(14-11-17)19-8-9-21-20(16-19)22(23(28)24-2)25-27(21)15-12-18-6-4-3-5-7-18/h3-7,17,19H,8-16H2,1-2H3,(H,24,28). The Bertz CT molecular complexity index is 806. The van der Waals surface area contributed by atoms with Crippen molar-refractivity contribution in [1.29, 1.82) is 0 Å². The van der Waals surface area contributed by atoms with Crippen molar-refractivity contribution >= 4 is 5.91 Å². The molecule has 1 fully saturated rings. The van der Waals surface area contributed by atoms with Gasteiger partial charge in [-0.25, -0.2) is 0 Å². The molecular weight excluding hydrogens is 348 g/mol. The second kappa shape index (κ2) is 8.48. The summed E-state index contributed by atoms with van der Waals surface area (Å²) in [5.74, 6) is 0.792. The Morgan fingerprint density at radius 1 is 1.18 bits per heavy atom. The summed E-state index contributed by atoms with van der Waals surface area (Å²) in [6, 6.07) is 11.1. The van der Waals surface area contributed by atoms with Gasteiger partial charge in [-0.15, -0.1) is 0 Å². The number of piperidine rings is 1. The zero-order chi connectivity index (χ0) is 19.5. The van der Waals surface area contributed by atoms with Gasteiger partial charge in [0.1, 0.15) is 0 Å². The predicted molar refractivity (Wildman–Crippen MR) is 112 cm³/mol. The molecule has 0 bridgehead atoms. The first-order valence-electron chi connectivity index (χ1n) is 10.7. The molecule has 1 saturated heterocycles. The number of carbonyl (C=O) groups is 1. The number of fused-ring (bicyclic) bond motifs is 1. The van der Waals surface area contributed by atoms with E-state index in [1.165, 1.54) is 49.2 Å². The first kappa shape index (κ1) is 19.2. The van der Waals surface area contributed by atoms with Crippen molar-refractivity contribution in [2.45, 2.75) is 58.0 Å². The molecule has 0 radical (unpaired) electrons. The highest BCUT2D eigenvalue weighted by molar-refractivity contribution is 5.93.